The molecule has 30 heavy (non-hydrogen) atoms. The van der Waals surface area contributed by atoms with Crippen molar-refractivity contribution in [3.8, 4) is 11.4 Å². The third-order valence-corrected chi connectivity index (χ3v) is 4.65. The van der Waals surface area contributed by atoms with Crippen LogP contribution in [0.15, 0.2) is 55.0 Å². The van der Waals surface area contributed by atoms with E-state index in [0.29, 0.717) is 30.8 Å². The number of pyridine rings is 2. The number of hydrogen-bond donors (Lipinski definition) is 1. The van der Waals surface area contributed by atoms with Gasteiger partial charge in [-0.25, -0.2) is 9.97 Å². The summed E-state index contributed by atoms with van der Waals surface area (Å²) in [5.74, 6) is -0.234. The van der Waals surface area contributed by atoms with Gasteiger partial charge < -0.3 is 10.2 Å². The van der Waals surface area contributed by atoms with Crippen LogP contribution in [0.5, 0.6) is 0 Å². The quantitative estimate of drug-likeness (QED) is 0.706. The molecule has 1 atom stereocenters. The summed E-state index contributed by atoms with van der Waals surface area (Å²) in [6, 6.07) is 8.91. The van der Waals surface area contributed by atoms with E-state index in [-0.39, 0.29) is 23.6 Å². The molecule has 10 heteroatoms. The van der Waals surface area contributed by atoms with Gasteiger partial charge in [-0.2, -0.15) is 13.2 Å². The highest BCUT2D eigenvalue weighted by Crippen LogP contribution is 2.31. The summed E-state index contributed by atoms with van der Waals surface area (Å²) in [5.41, 5.74) is -0.332. The van der Waals surface area contributed by atoms with E-state index in [4.69, 9.17) is 0 Å². The van der Waals surface area contributed by atoms with Crippen molar-refractivity contribution in [1.29, 1.82) is 0 Å². The Hall–Kier alpha value is -3.56. The summed E-state index contributed by atoms with van der Waals surface area (Å²) < 4.78 is 40.0. The highest BCUT2D eigenvalue weighted by molar-refractivity contribution is 5.92. The Morgan fingerprint density at radius 3 is 2.70 bits per heavy atom. The second-order valence-electron chi connectivity index (χ2n) is 6.80. The molecule has 1 amide bonds. The molecule has 1 unspecified atom stereocenters. The molecule has 0 saturated carbocycles. The van der Waals surface area contributed by atoms with E-state index >= 15 is 0 Å². The standard InChI is InChI=1S/C20H17F3N6O/c21-20(22,23)16-10-17(28-18(27-16)13-4-3-7-24-11-13)26-14-6-9-29(12-14)19(30)15-5-1-2-8-25-15/h1-5,7-8,10-11,14H,6,9,12H2,(H,26,27,28). The molecule has 3 aromatic heterocycles. The number of rotatable bonds is 4. The summed E-state index contributed by atoms with van der Waals surface area (Å²) in [7, 11) is 0. The average molecular weight is 414 g/mol. The van der Waals surface area contributed by atoms with E-state index in [0.717, 1.165) is 6.07 Å². The minimum Gasteiger partial charge on any atom is -0.365 e. The van der Waals surface area contributed by atoms with Crippen LogP contribution in [0, 0.1) is 0 Å². The Labute approximate surface area is 170 Å². The van der Waals surface area contributed by atoms with E-state index in [1.165, 1.54) is 12.4 Å². The lowest BCUT2D eigenvalue weighted by Crippen LogP contribution is -2.32. The molecule has 1 saturated heterocycles. The molecule has 0 aromatic carbocycles. The number of nitrogens with zero attached hydrogens (tertiary/aromatic N) is 5. The summed E-state index contributed by atoms with van der Waals surface area (Å²) in [6.07, 6.45) is 0.418. The van der Waals surface area contributed by atoms with Crippen molar-refractivity contribution in [3.63, 3.8) is 0 Å². The van der Waals surface area contributed by atoms with Crippen LogP contribution < -0.4 is 5.32 Å². The number of likely N-dealkylation sites (tertiary alicyclic amines) is 1. The number of alkyl halides is 3. The molecule has 0 spiro atoms. The summed E-state index contributed by atoms with van der Waals surface area (Å²) >= 11 is 0. The van der Waals surface area contributed by atoms with Crippen LogP contribution in [0.1, 0.15) is 22.6 Å². The predicted molar refractivity (Wildman–Crippen MR) is 102 cm³/mol. The molecule has 4 heterocycles. The summed E-state index contributed by atoms with van der Waals surface area (Å²) in [4.78, 5) is 30.0. The zero-order chi connectivity index (χ0) is 21.1. The fourth-order valence-electron chi connectivity index (χ4n) is 3.21. The molecule has 0 radical (unpaired) electrons. The Kier molecular flexibility index (Phi) is 5.30. The van der Waals surface area contributed by atoms with Crippen LogP contribution in [0.4, 0.5) is 19.0 Å². The molecule has 7 nitrogen and oxygen atoms in total. The van der Waals surface area contributed by atoms with Crippen LogP contribution in [0.3, 0.4) is 0 Å². The largest absolute Gasteiger partial charge is 0.433 e. The van der Waals surface area contributed by atoms with Gasteiger partial charge >= 0.3 is 6.18 Å². The first-order valence-corrected chi connectivity index (χ1v) is 9.23. The van der Waals surface area contributed by atoms with Crippen molar-refractivity contribution in [2.24, 2.45) is 0 Å². The third kappa shape index (κ3) is 4.37. The summed E-state index contributed by atoms with van der Waals surface area (Å²) in [5, 5.41) is 3.01. The topological polar surface area (TPSA) is 83.9 Å². The number of carbonyl (C=O) groups is 1. The van der Waals surface area contributed by atoms with Gasteiger partial charge in [0, 0.05) is 49.4 Å². The Bertz CT molecular complexity index is 1030. The zero-order valence-electron chi connectivity index (χ0n) is 15.7. The number of anilines is 1. The smallest absolute Gasteiger partial charge is 0.365 e. The Balaban J connectivity index is 1.54. The molecule has 0 aliphatic carbocycles. The van der Waals surface area contributed by atoms with Gasteiger partial charge in [0.05, 0.1) is 0 Å². The van der Waals surface area contributed by atoms with Crippen molar-refractivity contribution < 1.29 is 18.0 Å². The highest BCUT2D eigenvalue weighted by atomic mass is 19.4. The van der Waals surface area contributed by atoms with Crippen LogP contribution >= 0.6 is 0 Å². The van der Waals surface area contributed by atoms with E-state index < -0.39 is 11.9 Å². The van der Waals surface area contributed by atoms with Crippen LogP contribution in [0.25, 0.3) is 11.4 Å². The fraction of sp³-hybridized carbons (Fsp3) is 0.250. The van der Waals surface area contributed by atoms with Gasteiger partial charge in [0.25, 0.3) is 5.91 Å². The molecular formula is C20H17F3N6O. The number of carbonyl (C=O) groups excluding carboxylic acids is 1. The zero-order valence-corrected chi connectivity index (χ0v) is 15.7. The fourth-order valence-corrected chi connectivity index (χ4v) is 3.21. The van der Waals surface area contributed by atoms with Crippen molar-refractivity contribution in [2.75, 3.05) is 18.4 Å². The predicted octanol–water partition coefficient (Wildman–Crippen LogP) is 3.28. The van der Waals surface area contributed by atoms with Gasteiger partial charge in [0.15, 0.2) is 11.5 Å². The van der Waals surface area contributed by atoms with Crippen LogP contribution in [0.2, 0.25) is 0 Å². The lowest BCUT2D eigenvalue weighted by Gasteiger charge is -2.18. The second kappa shape index (κ2) is 8.05. The molecule has 1 N–H and O–H groups in total. The maximum Gasteiger partial charge on any atom is 0.433 e. The van der Waals surface area contributed by atoms with Gasteiger partial charge in [-0.05, 0) is 30.7 Å². The van der Waals surface area contributed by atoms with Gasteiger partial charge in [0.1, 0.15) is 11.5 Å². The molecule has 154 valence electrons. The highest BCUT2D eigenvalue weighted by Gasteiger charge is 2.34. The van der Waals surface area contributed by atoms with Crippen molar-refractivity contribution in [2.45, 2.75) is 18.6 Å². The third-order valence-electron chi connectivity index (χ3n) is 4.65. The van der Waals surface area contributed by atoms with Crippen molar-refractivity contribution in [3.05, 3.63) is 66.4 Å². The van der Waals surface area contributed by atoms with Crippen molar-refractivity contribution >= 4 is 11.7 Å². The number of hydrogen-bond acceptors (Lipinski definition) is 6. The Morgan fingerprint density at radius 2 is 2.00 bits per heavy atom. The van der Waals surface area contributed by atoms with E-state index in [1.54, 1.807) is 41.4 Å². The molecule has 0 bridgehead atoms. The lowest BCUT2D eigenvalue weighted by atomic mass is 10.2. The number of aromatic nitrogens is 4. The van der Waals surface area contributed by atoms with E-state index in [9.17, 15) is 18.0 Å². The van der Waals surface area contributed by atoms with Crippen molar-refractivity contribution in [1.82, 2.24) is 24.8 Å². The SMILES string of the molecule is O=C(c1ccccn1)N1CCC(Nc2cc(C(F)(F)F)nc(-c3cccnc3)n2)C1. The normalized spacial score (nSPS) is 16.5. The molecule has 1 aliphatic rings. The monoisotopic (exact) mass is 414 g/mol. The maximum absolute atomic E-state index is 13.3. The first-order chi connectivity index (χ1) is 14.4. The first-order valence-electron chi connectivity index (χ1n) is 9.23. The minimum absolute atomic E-state index is 0.0494. The van der Waals surface area contributed by atoms with Gasteiger partial charge in [-0.15, -0.1) is 0 Å². The van der Waals surface area contributed by atoms with Crippen LogP contribution in [-0.4, -0.2) is 49.9 Å². The first kappa shape index (κ1) is 19.7. The average Bonchev–Trinajstić information content (AvgIpc) is 3.22. The molecule has 3 aromatic rings. The summed E-state index contributed by atoms with van der Waals surface area (Å²) in [6.45, 7) is 0.808. The Morgan fingerprint density at radius 1 is 1.13 bits per heavy atom. The lowest BCUT2D eigenvalue weighted by molar-refractivity contribution is -0.141. The maximum atomic E-state index is 13.3. The van der Waals surface area contributed by atoms with Gasteiger partial charge in [0.2, 0.25) is 0 Å². The molecule has 4 rings (SSSR count). The number of amides is 1. The molecular weight excluding hydrogens is 397 g/mol. The number of halogens is 3. The minimum atomic E-state index is -4.62. The number of nitrogens with one attached hydrogen (secondary N) is 1. The van der Waals surface area contributed by atoms with Crippen LogP contribution in [-0.2, 0) is 6.18 Å². The van der Waals surface area contributed by atoms with Gasteiger partial charge in [-0.1, -0.05) is 6.07 Å². The van der Waals surface area contributed by atoms with E-state index in [1.807, 2.05) is 0 Å². The van der Waals surface area contributed by atoms with E-state index in [2.05, 4.69) is 25.3 Å². The molecule has 1 fully saturated rings. The van der Waals surface area contributed by atoms with Gasteiger partial charge in [-0.3, -0.25) is 14.8 Å². The molecule has 1 aliphatic heterocycles. The second-order valence-corrected chi connectivity index (χ2v) is 6.80.